The van der Waals surface area contributed by atoms with Gasteiger partial charge in [-0.15, -0.1) is 0 Å². The van der Waals surface area contributed by atoms with Gasteiger partial charge in [-0.25, -0.2) is 0 Å². The molecule has 13 atom stereocenters. The summed E-state index contributed by atoms with van der Waals surface area (Å²) in [6, 6.07) is 0. The maximum atomic E-state index is 11.7. The van der Waals surface area contributed by atoms with Gasteiger partial charge in [-0.1, -0.05) is 48.0 Å². The number of fused-ring (bicyclic) bond motifs is 5. The first-order valence-corrected chi connectivity index (χ1v) is 14.3. The fourth-order valence-corrected chi connectivity index (χ4v) is 9.94. The highest BCUT2D eigenvalue weighted by atomic mass is 16.4. The molecule has 4 rings (SSSR count). The van der Waals surface area contributed by atoms with Crippen molar-refractivity contribution in [1.29, 1.82) is 0 Å². The van der Waals surface area contributed by atoms with Crippen LogP contribution in [0.1, 0.15) is 99.3 Å². The highest BCUT2D eigenvalue weighted by molar-refractivity contribution is 5.19. The predicted molar refractivity (Wildman–Crippen MR) is 134 cm³/mol. The van der Waals surface area contributed by atoms with Crippen molar-refractivity contribution in [2.75, 3.05) is 0 Å². The summed E-state index contributed by atoms with van der Waals surface area (Å²) in [6.07, 6.45) is 4.32. The Balaban J connectivity index is 1.57. The Kier molecular flexibility index (Phi) is 7.33. The lowest BCUT2D eigenvalue weighted by atomic mass is 9.41. The van der Waals surface area contributed by atoms with Crippen LogP contribution >= 0.6 is 0 Å². The van der Waals surface area contributed by atoms with Crippen molar-refractivity contribution in [2.24, 2.45) is 52.3 Å². The van der Waals surface area contributed by atoms with Crippen LogP contribution < -0.4 is 0 Å². The molecular formula is C29H52O5. The number of aliphatic hydroxyl groups is 5. The second-order valence-electron chi connectivity index (χ2n) is 13.7. The van der Waals surface area contributed by atoms with Gasteiger partial charge in [-0.05, 0) is 91.8 Å². The van der Waals surface area contributed by atoms with Crippen LogP contribution in [0.2, 0.25) is 0 Å². The van der Waals surface area contributed by atoms with Crippen LogP contribution in [0.4, 0.5) is 0 Å². The van der Waals surface area contributed by atoms with Gasteiger partial charge in [0.15, 0.2) is 0 Å². The Morgan fingerprint density at radius 3 is 2.21 bits per heavy atom. The lowest BCUT2D eigenvalue weighted by Gasteiger charge is -2.66. The van der Waals surface area contributed by atoms with Crippen molar-refractivity contribution < 1.29 is 25.5 Å². The van der Waals surface area contributed by atoms with Gasteiger partial charge in [-0.3, -0.25) is 0 Å². The summed E-state index contributed by atoms with van der Waals surface area (Å²) in [6.45, 7) is 13.4. The average Bonchev–Trinajstić information content (AvgIpc) is 3.11. The van der Waals surface area contributed by atoms with Crippen molar-refractivity contribution in [3.05, 3.63) is 0 Å². The van der Waals surface area contributed by atoms with Crippen molar-refractivity contribution >= 4 is 0 Å². The number of aliphatic hydroxyl groups excluding tert-OH is 4. The minimum absolute atomic E-state index is 0.117. The number of hydrogen-bond acceptors (Lipinski definition) is 5. The molecule has 4 saturated carbocycles. The van der Waals surface area contributed by atoms with Crippen LogP contribution in [0.3, 0.4) is 0 Å². The molecule has 4 aliphatic rings. The van der Waals surface area contributed by atoms with Crippen LogP contribution in [0.5, 0.6) is 0 Å². The largest absolute Gasteiger partial charge is 0.393 e. The zero-order chi connectivity index (χ0) is 25.2. The van der Waals surface area contributed by atoms with E-state index in [0.717, 1.165) is 38.5 Å². The molecule has 0 aromatic rings. The summed E-state index contributed by atoms with van der Waals surface area (Å²) < 4.78 is 0. The van der Waals surface area contributed by atoms with E-state index in [1.807, 2.05) is 6.92 Å². The van der Waals surface area contributed by atoms with Gasteiger partial charge in [0.2, 0.25) is 0 Å². The highest BCUT2D eigenvalue weighted by Gasteiger charge is 2.70. The SMILES string of the molecule is CC[C@@H](C[C@@H](O)[C@@H](C)[C@H]1CCC2C3C[C@@H](O)[C@@]4(O)C[C@@H](O)C[C@H](O)[C@]4(C)C3CC[C@@]21C)C(C)C. The summed E-state index contributed by atoms with van der Waals surface area (Å²) in [5, 5.41) is 55.6. The van der Waals surface area contributed by atoms with Crippen molar-refractivity contribution in [3.63, 3.8) is 0 Å². The zero-order valence-electron chi connectivity index (χ0n) is 22.5. The van der Waals surface area contributed by atoms with Crippen molar-refractivity contribution in [1.82, 2.24) is 0 Å². The number of hydrogen-bond donors (Lipinski definition) is 5. The van der Waals surface area contributed by atoms with E-state index in [-0.39, 0.29) is 42.1 Å². The lowest BCUT2D eigenvalue weighted by molar-refractivity contribution is -0.295. The van der Waals surface area contributed by atoms with Gasteiger partial charge >= 0.3 is 0 Å². The maximum absolute atomic E-state index is 11.7. The van der Waals surface area contributed by atoms with E-state index in [9.17, 15) is 25.5 Å². The highest BCUT2D eigenvalue weighted by Crippen LogP contribution is 2.69. The third-order valence-electron chi connectivity index (χ3n) is 12.2. The molecule has 5 N–H and O–H groups in total. The van der Waals surface area contributed by atoms with Crippen LogP contribution in [-0.2, 0) is 0 Å². The first-order chi connectivity index (χ1) is 15.8. The number of rotatable bonds is 6. The van der Waals surface area contributed by atoms with Crippen LogP contribution in [-0.4, -0.2) is 55.5 Å². The van der Waals surface area contributed by atoms with E-state index in [4.69, 9.17) is 0 Å². The second-order valence-corrected chi connectivity index (χ2v) is 13.7. The average molecular weight is 481 g/mol. The molecule has 0 amide bonds. The summed E-state index contributed by atoms with van der Waals surface area (Å²) in [5.74, 6) is 2.68. The van der Waals surface area contributed by atoms with Crippen LogP contribution in [0.15, 0.2) is 0 Å². The van der Waals surface area contributed by atoms with Gasteiger partial charge in [0.1, 0.15) is 5.60 Å². The normalized spacial score (nSPS) is 51.4. The first-order valence-electron chi connectivity index (χ1n) is 14.3. The summed E-state index contributed by atoms with van der Waals surface area (Å²) in [5.41, 5.74) is -2.12. The summed E-state index contributed by atoms with van der Waals surface area (Å²) >= 11 is 0. The molecular weight excluding hydrogens is 428 g/mol. The first kappa shape index (κ1) is 26.9. The molecule has 0 spiro atoms. The molecule has 5 nitrogen and oxygen atoms in total. The molecule has 0 aliphatic heterocycles. The summed E-state index contributed by atoms with van der Waals surface area (Å²) in [7, 11) is 0. The monoisotopic (exact) mass is 480 g/mol. The molecule has 0 radical (unpaired) electrons. The molecule has 4 fully saturated rings. The molecule has 4 aliphatic carbocycles. The minimum Gasteiger partial charge on any atom is -0.393 e. The third-order valence-corrected chi connectivity index (χ3v) is 12.2. The molecule has 3 unspecified atom stereocenters. The van der Waals surface area contributed by atoms with Gasteiger partial charge in [0, 0.05) is 11.8 Å². The van der Waals surface area contributed by atoms with E-state index in [1.165, 1.54) is 0 Å². The van der Waals surface area contributed by atoms with Gasteiger partial charge in [0.05, 0.1) is 24.4 Å². The van der Waals surface area contributed by atoms with E-state index in [1.54, 1.807) is 0 Å². The summed E-state index contributed by atoms with van der Waals surface area (Å²) in [4.78, 5) is 0. The molecule has 34 heavy (non-hydrogen) atoms. The topological polar surface area (TPSA) is 101 Å². The Labute approximate surface area is 207 Å². The standard InChI is InChI=1S/C29H52O5/c1-7-18(16(2)3)12-24(31)17(4)21-8-9-22-20-14-26(33)29(34)15-19(30)13-25(32)28(29,6)23(20)10-11-27(21,22)5/h16-26,30-34H,7-15H2,1-6H3/t17-,18-,19-,20?,21+,22?,23?,24+,25-,26+,27+,28-,29-/m0/s1. The lowest BCUT2D eigenvalue weighted by Crippen LogP contribution is -2.72. The molecule has 0 aromatic carbocycles. The second kappa shape index (κ2) is 9.28. The molecule has 198 valence electrons. The molecule has 0 bridgehead atoms. The van der Waals surface area contributed by atoms with E-state index in [0.29, 0.717) is 30.1 Å². The molecule has 0 heterocycles. The maximum Gasteiger partial charge on any atom is 0.101 e. The van der Waals surface area contributed by atoms with Crippen LogP contribution in [0, 0.1) is 52.3 Å². The quantitative estimate of drug-likeness (QED) is 0.393. The van der Waals surface area contributed by atoms with Gasteiger partial charge < -0.3 is 25.5 Å². The molecule has 0 saturated heterocycles. The fraction of sp³-hybridized carbons (Fsp3) is 1.00. The molecule has 5 heteroatoms. The molecule has 0 aromatic heterocycles. The Morgan fingerprint density at radius 1 is 0.912 bits per heavy atom. The van der Waals surface area contributed by atoms with Crippen molar-refractivity contribution in [2.45, 2.75) is 129 Å². The third kappa shape index (κ3) is 3.83. The fourth-order valence-electron chi connectivity index (χ4n) is 9.94. The van der Waals surface area contributed by atoms with Gasteiger partial charge in [0.25, 0.3) is 0 Å². The van der Waals surface area contributed by atoms with Crippen LogP contribution in [0.25, 0.3) is 0 Å². The van der Waals surface area contributed by atoms with E-state index in [2.05, 4.69) is 34.6 Å². The Morgan fingerprint density at radius 2 is 1.59 bits per heavy atom. The van der Waals surface area contributed by atoms with Crippen molar-refractivity contribution in [3.8, 4) is 0 Å². The zero-order valence-corrected chi connectivity index (χ0v) is 22.5. The Hall–Kier alpha value is -0.200. The smallest absolute Gasteiger partial charge is 0.101 e. The predicted octanol–water partition coefficient (Wildman–Crippen LogP) is 4.13. The minimum atomic E-state index is -1.44. The Bertz CT molecular complexity index is 727. The van der Waals surface area contributed by atoms with E-state index < -0.39 is 29.3 Å². The van der Waals surface area contributed by atoms with Gasteiger partial charge in [-0.2, -0.15) is 0 Å². The van der Waals surface area contributed by atoms with E-state index >= 15 is 0 Å².